The molecule has 2 aromatic rings. The average molecular weight is 300 g/mol. The lowest BCUT2D eigenvalue weighted by molar-refractivity contribution is 0.439. The molecule has 5 heteroatoms. The fourth-order valence-electron chi connectivity index (χ4n) is 1.29. The molecule has 0 bridgehead atoms. The lowest BCUT2D eigenvalue weighted by atomic mass is 10.3. The third-order valence-corrected chi connectivity index (χ3v) is 2.58. The zero-order valence-corrected chi connectivity index (χ0v) is 10.2. The maximum Gasteiger partial charge on any atom is 0.168 e. The van der Waals surface area contributed by atoms with Crippen molar-refractivity contribution in [1.82, 2.24) is 0 Å². The van der Waals surface area contributed by atoms with E-state index in [-0.39, 0.29) is 5.75 Å². The maximum absolute atomic E-state index is 13.3. The van der Waals surface area contributed by atoms with Gasteiger partial charge in [0.05, 0.1) is 5.69 Å². The van der Waals surface area contributed by atoms with Crippen molar-refractivity contribution in [2.75, 3.05) is 5.73 Å². The molecular formula is C12H8BrF2NO. The van der Waals surface area contributed by atoms with Crippen LogP contribution >= 0.6 is 15.9 Å². The van der Waals surface area contributed by atoms with Crippen molar-refractivity contribution in [1.29, 1.82) is 0 Å². The Morgan fingerprint density at radius 2 is 1.71 bits per heavy atom. The van der Waals surface area contributed by atoms with Crippen molar-refractivity contribution in [3.05, 3.63) is 52.5 Å². The predicted molar refractivity (Wildman–Crippen MR) is 65.0 cm³/mol. The molecule has 0 fully saturated rings. The van der Waals surface area contributed by atoms with Crippen LogP contribution in [0.15, 0.2) is 40.9 Å². The predicted octanol–water partition coefficient (Wildman–Crippen LogP) is 4.10. The molecule has 0 atom stereocenters. The van der Waals surface area contributed by atoms with Crippen LogP contribution in [0, 0.1) is 11.6 Å². The summed E-state index contributed by atoms with van der Waals surface area (Å²) in [4.78, 5) is 0. The smallest absolute Gasteiger partial charge is 0.168 e. The number of halogens is 3. The topological polar surface area (TPSA) is 35.2 Å². The zero-order valence-electron chi connectivity index (χ0n) is 8.58. The standard InChI is InChI=1S/C12H8BrF2NO/c13-7-1-3-12(10(16)5-7)17-11-4-2-8(14)6-9(11)15/h1-6H,16H2. The van der Waals surface area contributed by atoms with Gasteiger partial charge in [-0.1, -0.05) is 15.9 Å². The SMILES string of the molecule is Nc1cc(Br)ccc1Oc1ccc(F)cc1F. The van der Waals surface area contributed by atoms with Gasteiger partial charge in [-0.25, -0.2) is 8.78 Å². The Morgan fingerprint density at radius 3 is 2.35 bits per heavy atom. The Bertz CT molecular complexity index is 511. The summed E-state index contributed by atoms with van der Waals surface area (Å²) in [7, 11) is 0. The van der Waals surface area contributed by atoms with Crippen LogP contribution in [0.4, 0.5) is 14.5 Å². The monoisotopic (exact) mass is 299 g/mol. The van der Waals surface area contributed by atoms with Gasteiger partial charge in [-0.3, -0.25) is 0 Å². The van der Waals surface area contributed by atoms with Gasteiger partial charge in [0.15, 0.2) is 17.3 Å². The van der Waals surface area contributed by atoms with Crippen molar-refractivity contribution in [3.63, 3.8) is 0 Å². The molecule has 2 rings (SSSR count). The molecule has 0 radical (unpaired) electrons. The largest absolute Gasteiger partial charge is 0.452 e. The molecule has 0 aliphatic carbocycles. The molecule has 2 aromatic carbocycles. The highest BCUT2D eigenvalue weighted by Gasteiger charge is 2.08. The van der Waals surface area contributed by atoms with E-state index in [0.717, 1.165) is 16.6 Å². The highest BCUT2D eigenvalue weighted by atomic mass is 79.9. The van der Waals surface area contributed by atoms with Crippen LogP contribution in [0.3, 0.4) is 0 Å². The highest BCUT2D eigenvalue weighted by molar-refractivity contribution is 9.10. The average Bonchev–Trinajstić information content (AvgIpc) is 2.25. The first-order valence-corrected chi connectivity index (χ1v) is 5.53. The maximum atomic E-state index is 13.3. The summed E-state index contributed by atoms with van der Waals surface area (Å²) in [5, 5.41) is 0. The van der Waals surface area contributed by atoms with Gasteiger partial charge in [-0.15, -0.1) is 0 Å². The van der Waals surface area contributed by atoms with E-state index in [1.54, 1.807) is 18.2 Å². The van der Waals surface area contributed by atoms with Crippen molar-refractivity contribution in [2.45, 2.75) is 0 Å². The van der Waals surface area contributed by atoms with Crippen LogP contribution in [-0.2, 0) is 0 Å². The molecule has 0 saturated heterocycles. The van der Waals surface area contributed by atoms with Gasteiger partial charge in [-0.05, 0) is 30.3 Å². The molecule has 17 heavy (non-hydrogen) atoms. The van der Waals surface area contributed by atoms with Crippen LogP contribution in [0.25, 0.3) is 0 Å². The molecule has 0 aromatic heterocycles. The Labute approximate surface area is 105 Å². The first kappa shape index (κ1) is 11.9. The van der Waals surface area contributed by atoms with Gasteiger partial charge in [0.1, 0.15) is 5.82 Å². The summed E-state index contributed by atoms with van der Waals surface area (Å²) in [5.74, 6) is -1.18. The minimum Gasteiger partial charge on any atom is -0.452 e. The Morgan fingerprint density at radius 1 is 1.00 bits per heavy atom. The molecular weight excluding hydrogens is 292 g/mol. The third kappa shape index (κ3) is 2.74. The first-order chi connectivity index (χ1) is 8.06. The van der Waals surface area contributed by atoms with Crippen molar-refractivity contribution in [3.8, 4) is 11.5 Å². The summed E-state index contributed by atoms with van der Waals surface area (Å²) in [6.45, 7) is 0. The molecule has 0 aliphatic heterocycles. The van der Waals surface area contributed by atoms with E-state index in [0.29, 0.717) is 11.4 Å². The molecule has 0 spiro atoms. The second-order valence-electron chi connectivity index (χ2n) is 3.36. The van der Waals surface area contributed by atoms with Gasteiger partial charge in [0.2, 0.25) is 0 Å². The van der Waals surface area contributed by atoms with Crippen molar-refractivity contribution >= 4 is 21.6 Å². The van der Waals surface area contributed by atoms with Gasteiger partial charge in [-0.2, -0.15) is 0 Å². The van der Waals surface area contributed by atoms with Crippen LogP contribution < -0.4 is 10.5 Å². The lowest BCUT2D eigenvalue weighted by Gasteiger charge is -2.09. The van der Waals surface area contributed by atoms with E-state index in [4.69, 9.17) is 10.5 Å². The molecule has 0 amide bonds. The minimum absolute atomic E-state index is 0.0691. The number of ether oxygens (including phenoxy) is 1. The fourth-order valence-corrected chi connectivity index (χ4v) is 1.67. The number of benzene rings is 2. The van der Waals surface area contributed by atoms with Gasteiger partial charge in [0, 0.05) is 10.5 Å². The van der Waals surface area contributed by atoms with E-state index in [1.165, 1.54) is 6.07 Å². The van der Waals surface area contributed by atoms with Gasteiger partial charge < -0.3 is 10.5 Å². The minimum atomic E-state index is -0.771. The van der Waals surface area contributed by atoms with E-state index >= 15 is 0 Å². The molecule has 0 saturated carbocycles. The van der Waals surface area contributed by atoms with Crippen LogP contribution in [0.5, 0.6) is 11.5 Å². The van der Waals surface area contributed by atoms with Crippen molar-refractivity contribution < 1.29 is 13.5 Å². The quantitative estimate of drug-likeness (QED) is 0.847. The first-order valence-electron chi connectivity index (χ1n) is 4.74. The fraction of sp³-hybridized carbons (Fsp3) is 0. The number of hydrogen-bond acceptors (Lipinski definition) is 2. The van der Waals surface area contributed by atoms with Gasteiger partial charge >= 0.3 is 0 Å². The zero-order chi connectivity index (χ0) is 12.4. The second kappa shape index (κ2) is 4.71. The van der Waals surface area contributed by atoms with Crippen molar-refractivity contribution in [2.24, 2.45) is 0 Å². The highest BCUT2D eigenvalue weighted by Crippen LogP contribution is 2.31. The van der Waals surface area contributed by atoms with E-state index < -0.39 is 11.6 Å². The summed E-state index contributed by atoms with van der Waals surface area (Å²) in [6, 6.07) is 8.04. The Kier molecular flexibility index (Phi) is 3.28. The van der Waals surface area contributed by atoms with Crippen LogP contribution in [0.2, 0.25) is 0 Å². The molecule has 0 heterocycles. The third-order valence-electron chi connectivity index (χ3n) is 2.09. The van der Waals surface area contributed by atoms with E-state index in [1.807, 2.05) is 0 Å². The number of anilines is 1. The molecule has 0 unspecified atom stereocenters. The Hall–Kier alpha value is -1.62. The molecule has 2 nitrogen and oxygen atoms in total. The number of hydrogen-bond donors (Lipinski definition) is 1. The summed E-state index contributed by atoms with van der Waals surface area (Å²) >= 11 is 3.25. The Balaban J connectivity index is 2.31. The number of rotatable bonds is 2. The van der Waals surface area contributed by atoms with E-state index in [2.05, 4.69) is 15.9 Å². The van der Waals surface area contributed by atoms with Gasteiger partial charge in [0.25, 0.3) is 0 Å². The van der Waals surface area contributed by atoms with E-state index in [9.17, 15) is 8.78 Å². The summed E-state index contributed by atoms with van der Waals surface area (Å²) in [5.41, 5.74) is 6.06. The van der Waals surface area contributed by atoms with Crippen LogP contribution in [0.1, 0.15) is 0 Å². The molecule has 0 aliphatic rings. The normalized spacial score (nSPS) is 10.3. The summed E-state index contributed by atoms with van der Waals surface area (Å²) in [6.07, 6.45) is 0. The number of nitrogens with two attached hydrogens (primary N) is 1. The molecule has 2 N–H and O–H groups in total. The number of nitrogen functional groups attached to an aromatic ring is 1. The molecule has 88 valence electrons. The lowest BCUT2D eigenvalue weighted by Crippen LogP contribution is -1.94. The summed E-state index contributed by atoms with van der Waals surface area (Å²) < 4.78 is 32.1. The second-order valence-corrected chi connectivity index (χ2v) is 4.27. The van der Waals surface area contributed by atoms with Crippen LogP contribution in [-0.4, -0.2) is 0 Å².